The predicted octanol–water partition coefficient (Wildman–Crippen LogP) is 4.30. The Morgan fingerprint density at radius 1 is 1.14 bits per heavy atom. The monoisotopic (exact) mass is 394 g/mol. The number of carbonyl (C=O) groups excluding carboxylic acids is 1. The molecule has 0 bridgehead atoms. The number of fused-ring (bicyclic) bond motifs is 1. The smallest absolute Gasteiger partial charge is 0.251 e. The van der Waals surface area contributed by atoms with Gasteiger partial charge in [0.1, 0.15) is 12.1 Å². The van der Waals surface area contributed by atoms with Crippen molar-refractivity contribution in [2.75, 3.05) is 18.0 Å². The molecule has 6 heteroatoms. The van der Waals surface area contributed by atoms with Crippen LogP contribution >= 0.6 is 11.6 Å². The van der Waals surface area contributed by atoms with Crippen LogP contribution in [0.15, 0.2) is 42.7 Å². The molecule has 28 heavy (non-hydrogen) atoms. The average Bonchev–Trinajstić information content (AvgIpc) is 2.70. The Morgan fingerprint density at radius 2 is 1.93 bits per heavy atom. The van der Waals surface area contributed by atoms with Crippen molar-refractivity contribution in [1.82, 2.24) is 15.3 Å². The maximum Gasteiger partial charge on any atom is 0.251 e. The zero-order valence-corrected chi connectivity index (χ0v) is 16.8. The molecule has 0 unspecified atom stereocenters. The highest BCUT2D eigenvalue weighted by molar-refractivity contribution is 6.31. The van der Waals surface area contributed by atoms with Crippen LogP contribution in [0.2, 0.25) is 5.02 Å². The van der Waals surface area contributed by atoms with Crippen molar-refractivity contribution in [1.29, 1.82) is 0 Å². The van der Waals surface area contributed by atoms with Gasteiger partial charge in [0.05, 0.1) is 5.52 Å². The van der Waals surface area contributed by atoms with E-state index in [0.717, 1.165) is 59.3 Å². The number of carbonyl (C=O) groups is 1. The average molecular weight is 395 g/mol. The lowest BCUT2D eigenvalue weighted by Gasteiger charge is -2.33. The molecule has 1 aliphatic rings. The second-order valence-corrected chi connectivity index (χ2v) is 7.78. The van der Waals surface area contributed by atoms with Crippen molar-refractivity contribution in [3.05, 3.63) is 64.4 Å². The van der Waals surface area contributed by atoms with Gasteiger partial charge in [-0.3, -0.25) is 4.79 Å². The zero-order valence-electron chi connectivity index (χ0n) is 16.1. The Labute approximate surface area is 169 Å². The standard InChI is InChI=1S/C22H23ClN4O/c1-14-4-3-5-18(15(14)2)22(28)26-17-8-10-27(11-9-17)21-19-7-6-16(23)12-20(19)24-13-25-21/h3-7,12-13,17H,8-11H2,1-2H3,(H,26,28). The van der Waals surface area contributed by atoms with E-state index in [1.165, 1.54) is 0 Å². The van der Waals surface area contributed by atoms with E-state index >= 15 is 0 Å². The van der Waals surface area contributed by atoms with Crippen molar-refractivity contribution in [2.24, 2.45) is 0 Å². The predicted molar refractivity (Wildman–Crippen MR) is 113 cm³/mol. The van der Waals surface area contributed by atoms with Crippen molar-refractivity contribution in [3.63, 3.8) is 0 Å². The number of aromatic nitrogens is 2. The van der Waals surface area contributed by atoms with Crippen LogP contribution in [0.3, 0.4) is 0 Å². The molecule has 1 fully saturated rings. The number of hydrogen-bond acceptors (Lipinski definition) is 4. The molecule has 1 saturated heterocycles. The summed E-state index contributed by atoms with van der Waals surface area (Å²) in [6.45, 7) is 5.71. The zero-order chi connectivity index (χ0) is 19.7. The van der Waals surface area contributed by atoms with E-state index in [2.05, 4.69) is 20.2 Å². The molecule has 1 amide bonds. The van der Waals surface area contributed by atoms with Gasteiger partial charge < -0.3 is 10.2 Å². The minimum Gasteiger partial charge on any atom is -0.356 e. The fourth-order valence-electron chi connectivity index (χ4n) is 3.76. The van der Waals surface area contributed by atoms with Crippen LogP contribution in [0.25, 0.3) is 10.9 Å². The Balaban J connectivity index is 1.44. The summed E-state index contributed by atoms with van der Waals surface area (Å²) in [5.41, 5.74) is 3.80. The van der Waals surface area contributed by atoms with E-state index in [4.69, 9.17) is 11.6 Å². The Hall–Kier alpha value is -2.66. The second kappa shape index (κ2) is 7.76. The fourth-order valence-corrected chi connectivity index (χ4v) is 3.93. The minimum absolute atomic E-state index is 0.0155. The first-order valence-electron chi connectivity index (χ1n) is 9.55. The van der Waals surface area contributed by atoms with E-state index < -0.39 is 0 Å². The highest BCUT2D eigenvalue weighted by Crippen LogP contribution is 2.27. The van der Waals surface area contributed by atoms with E-state index in [-0.39, 0.29) is 11.9 Å². The van der Waals surface area contributed by atoms with Crippen LogP contribution in [0, 0.1) is 13.8 Å². The van der Waals surface area contributed by atoms with Crippen LogP contribution in [-0.2, 0) is 0 Å². The molecule has 1 aromatic heterocycles. The number of nitrogens with zero attached hydrogens (tertiary/aromatic N) is 3. The van der Waals surface area contributed by atoms with Crippen LogP contribution in [0.4, 0.5) is 5.82 Å². The van der Waals surface area contributed by atoms with Crippen LogP contribution < -0.4 is 10.2 Å². The third kappa shape index (κ3) is 3.67. The van der Waals surface area contributed by atoms with Crippen molar-refractivity contribution >= 4 is 34.2 Å². The third-order valence-electron chi connectivity index (χ3n) is 5.56. The molecule has 2 heterocycles. The molecule has 144 valence electrons. The topological polar surface area (TPSA) is 58.1 Å². The number of amides is 1. The molecule has 0 atom stereocenters. The molecule has 0 saturated carbocycles. The summed E-state index contributed by atoms with van der Waals surface area (Å²) in [6, 6.07) is 11.7. The van der Waals surface area contributed by atoms with Gasteiger partial charge in [0.25, 0.3) is 5.91 Å². The molecule has 4 rings (SSSR count). The summed E-state index contributed by atoms with van der Waals surface area (Å²) in [7, 11) is 0. The quantitative estimate of drug-likeness (QED) is 0.719. The normalized spacial score (nSPS) is 15.0. The molecule has 0 radical (unpaired) electrons. The minimum atomic E-state index is 0.0155. The van der Waals surface area contributed by atoms with Crippen LogP contribution in [0.1, 0.15) is 34.3 Å². The van der Waals surface area contributed by atoms with Gasteiger partial charge in [-0.2, -0.15) is 0 Å². The van der Waals surface area contributed by atoms with Gasteiger partial charge in [0, 0.05) is 35.1 Å². The summed E-state index contributed by atoms with van der Waals surface area (Å²) < 4.78 is 0. The van der Waals surface area contributed by atoms with Gasteiger partial charge >= 0.3 is 0 Å². The number of nitrogens with one attached hydrogen (secondary N) is 1. The number of benzene rings is 2. The van der Waals surface area contributed by atoms with Gasteiger partial charge in [-0.1, -0.05) is 23.7 Å². The van der Waals surface area contributed by atoms with Gasteiger partial charge in [-0.15, -0.1) is 0 Å². The van der Waals surface area contributed by atoms with E-state index in [0.29, 0.717) is 5.02 Å². The molecule has 1 aliphatic heterocycles. The first-order chi connectivity index (χ1) is 13.5. The SMILES string of the molecule is Cc1cccc(C(=O)NC2CCN(c3ncnc4cc(Cl)ccc34)CC2)c1C. The maximum absolute atomic E-state index is 12.7. The first kappa shape index (κ1) is 18.7. The number of halogens is 1. The Morgan fingerprint density at radius 3 is 2.71 bits per heavy atom. The summed E-state index contributed by atoms with van der Waals surface area (Å²) in [4.78, 5) is 23.8. The maximum atomic E-state index is 12.7. The highest BCUT2D eigenvalue weighted by Gasteiger charge is 2.23. The van der Waals surface area contributed by atoms with Crippen molar-refractivity contribution in [2.45, 2.75) is 32.7 Å². The number of anilines is 1. The van der Waals surface area contributed by atoms with Crippen LogP contribution in [-0.4, -0.2) is 35.0 Å². The molecule has 0 spiro atoms. The lowest BCUT2D eigenvalue weighted by Crippen LogP contribution is -2.45. The summed E-state index contributed by atoms with van der Waals surface area (Å²) in [5.74, 6) is 0.947. The third-order valence-corrected chi connectivity index (χ3v) is 5.79. The van der Waals surface area contributed by atoms with Gasteiger partial charge in [-0.05, 0) is 62.1 Å². The largest absolute Gasteiger partial charge is 0.356 e. The van der Waals surface area contributed by atoms with E-state index in [1.807, 2.05) is 50.2 Å². The van der Waals surface area contributed by atoms with Gasteiger partial charge in [-0.25, -0.2) is 9.97 Å². The van der Waals surface area contributed by atoms with Crippen molar-refractivity contribution < 1.29 is 4.79 Å². The molecule has 1 N–H and O–H groups in total. The Bertz CT molecular complexity index is 1030. The summed E-state index contributed by atoms with van der Waals surface area (Å²) >= 11 is 6.08. The number of rotatable bonds is 3. The van der Waals surface area contributed by atoms with Gasteiger partial charge in [0.2, 0.25) is 0 Å². The number of aryl methyl sites for hydroxylation is 1. The van der Waals surface area contributed by atoms with E-state index in [9.17, 15) is 4.79 Å². The lowest BCUT2D eigenvalue weighted by atomic mass is 10.0. The Kier molecular flexibility index (Phi) is 5.18. The number of piperidine rings is 1. The van der Waals surface area contributed by atoms with Crippen LogP contribution in [0.5, 0.6) is 0 Å². The van der Waals surface area contributed by atoms with E-state index in [1.54, 1.807) is 6.33 Å². The summed E-state index contributed by atoms with van der Waals surface area (Å²) in [5, 5.41) is 4.88. The highest BCUT2D eigenvalue weighted by atomic mass is 35.5. The summed E-state index contributed by atoms with van der Waals surface area (Å²) in [6.07, 6.45) is 3.35. The molecule has 3 aromatic rings. The molecular weight excluding hydrogens is 372 g/mol. The van der Waals surface area contributed by atoms with Crippen molar-refractivity contribution in [3.8, 4) is 0 Å². The number of hydrogen-bond donors (Lipinski definition) is 1. The van der Waals surface area contributed by atoms with Gasteiger partial charge in [0.15, 0.2) is 0 Å². The molecule has 5 nitrogen and oxygen atoms in total. The molecule has 2 aromatic carbocycles. The lowest BCUT2D eigenvalue weighted by molar-refractivity contribution is 0.0930. The first-order valence-corrected chi connectivity index (χ1v) is 9.93. The molecular formula is C22H23ClN4O. The molecule has 0 aliphatic carbocycles. The fraction of sp³-hybridized carbons (Fsp3) is 0.318. The second-order valence-electron chi connectivity index (χ2n) is 7.34.